The Morgan fingerprint density at radius 2 is 2.00 bits per heavy atom. The minimum atomic E-state index is -0.143. The number of hydrogen-bond acceptors (Lipinski definition) is 2. The molecule has 4 heteroatoms. The van der Waals surface area contributed by atoms with Crippen molar-refractivity contribution >= 4 is 17.5 Å². The fraction of sp³-hybridized carbons (Fsp3) is 0.533. The van der Waals surface area contributed by atoms with Crippen molar-refractivity contribution in [2.45, 2.75) is 39.7 Å². The molecule has 0 fully saturated rings. The van der Waals surface area contributed by atoms with Gasteiger partial charge in [-0.15, -0.1) is 0 Å². The van der Waals surface area contributed by atoms with Crippen LogP contribution in [0.5, 0.6) is 5.75 Å². The van der Waals surface area contributed by atoms with E-state index in [0.29, 0.717) is 22.3 Å². The van der Waals surface area contributed by atoms with Gasteiger partial charge in [0.1, 0.15) is 5.75 Å². The molecule has 1 amide bonds. The number of nitrogens with one attached hydrogen (secondary N) is 1. The van der Waals surface area contributed by atoms with Crippen LogP contribution in [0.4, 0.5) is 0 Å². The van der Waals surface area contributed by atoms with Crippen LogP contribution in [0.15, 0.2) is 18.2 Å². The normalized spacial score (nSPS) is 12.3. The Hall–Kier alpha value is -1.22. The predicted molar refractivity (Wildman–Crippen MR) is 79.0 cm³/mol. The summed E-state index contributed by atoms with van der Waals surface area (Å²) in [5.41, 5.74) is 0.478. The van der Waals surface area contributed by atoms with Crippen LogP contribution >= 0.6 is 11.6 Å². The molecule has 0 aliphatic heterocycles. The van der Waals surface area contributed by atoms with E-state index in [4.69, 9.17) is 16.3 Å². The van der Waals surface area contributed by atoms with Crippen molar-refractivity contribution in [1.29, 1.82) is 0 Å². The first-order valence-electron chi connectivity index (χ1n) is 6.58. The molecule has 1 unspecified atom stereocenters. The quantitative estimate of drug-likeness (QED) is 0.860. The molecular formula is C15H22ClNO2. The second-order valence-electron chi connectivity index (χ2n) is 5.19. The van der Waals surface area contributed by atoms with E-state index in [-0.39, 0.29) is 11.9 Å². The van der Waals surface area contributed by atoms with E-state index in [0.717, 1.165) is 12.8 Å². The minimum absolute atomic E-state index is 0.138. The number of carbonyl (C=O) groups excluding carboxylic acids is 1. The number of hydrogen-bond donors (Lipinski definition) is 1. The highest BCUT2D eigenvalue weighted by atomic mass is 35.5. The first kappa shape index (κ1) is 15.8. The topological polar surface area (TPSA) is 38.3 Å². The molecule has 0 saturated heterocycles. The SMILES string of the molecule is COc1ccc(Cl)cc1C(=O)NC(C)CCC(C)C. The zero-order chi connectivity index (χ0) is 14.4. The Kier molecular flexibility index (Phi) is 6.16. The van der Waals surface area contributed by atoms with Crippen molar-refractivity contribution < 1.29 is 9.53 Å². The predicted octanol–water partition coefficient (Wildman–Crippen LogP) is 3.90. The molecule has 1 aromatic carbocycles. The van der Waals surface area contributed by atoms with Crippen molar-refractivity contribution in [2.24, 2.45) is 5.92 Å². The van der Waals surface area contributed by atoms with E-state index in [9.17, 15) is 4.79 Å². The summed E-state index contributed by atoms with van der Waals surface area (Å²) in [6.07, 6.45) is 2.06. The number of methoxy groups -OCH3 is 1. The van der Waals surface area contributed by atoms with E-state index >= 15 is 0 Å². The first-order chi connectivity index (χ1) is 8.93. The van der Waals surface area contributed by atoms with Crippen molar-refractivity contribution in [3.8, 4) is 5.75 Å². The zero-order valence-corrected chi connectivity index (χ0v) is 12.8. The summed E-state index contributed by atoms with van der Waals surface area (Å²) in [4.78, 5) is 12.2. The van der Waals surface area contributed by atoms with Crippen LogP contribution in [0, 0.1) is 5.92 Å². The van der Waals surface area contributed by atoms with Crippen molar-refractivity contribution in [3.63, 3.8) is 0 Å². The molecular weight excluding hydrogens is 262 g/mol. The fourth-order valence-electron chi connectivity index (χ4n) is 1.81. The van der Waals surface area contributed by atoms with E-state index < -0.39 is 0 Å². The highest BCUT2D eigenvalue weighted by Gasteiger charge is 2.15. The van der Waals surface area contributed by atoms with Gasteiger partial charge in [-0.3, -0.25) is 4.79 Å². The molecule has 0 saturated carbocycles. The first-order valence-corrected chi connectivity index (χ1v) is 6.96. The lowest BCUT2D eigenvalue weighted by Gasteiger charge is -2.16. The van der Waals surface area contributed by atoms with Gasteiger partial charge < -0.3 is 10.1 Å². The largest absolute Gasteiger partial charge is 0.496 e. The fourth-order valence-corrected chi connectivity index (χ4v) is 1.99. The molecule has 0 spiro atoms. The molecule has 1 aromatic rings. The van der Waals surface area contributed by atoms with Gasteiger partial charge in [0.15, 0.2) is 0 Å². The third kappa shape index (κ3) is 5.11. The molecule has 1 atom stereocenters. The number of halogens is 1. The van der Waals surface area contributed by atoms with Crippen molar-refractivity contribution in [2.75, 3.05) is 7.11 Å². The van der Waals surface area contributed by atoms with Gasteiger partial charge in [-0.25, -0.2) is 0 Å². The molecule has 19 heavy (non-hydrogen) atoms. The molecule has 0 heterocycles. The van der Waals surface area contributed by atoms with Gasteiger partial charge in [0.05, 0.1) is 12.7 Å². The van der Waals surface area contributed by atoms with Gasteiger partial charge in [-0.2, -0.15) is 0 Å². The van der Waals surface area contributed by atoms with Crippen LogP contribution in [0.25, 0.3) is 0 Å². The average Bonchev–Trinajstić information content (AvgIpc) is 2.36. The summed E-state index contributed by atoms with van der Waals surface area (Å²) < 4.78 is 5.18. The van der Waals surface area contributed by atoms with E-state index in [1.165, 1.54) is 0 Å². The lowest BCUT2D eigenvalue weighted by molar-refractivity contribution is 0.0934. The Bertz CT molecular complexity index is 432. The highest BCUT2D eigenvalue weighted by molar-refractivity contribution is 6.31. The third-order valence-corrected chi connectivity index (χ3v) is 3.20. The Labute approximate surface area is 120 Å². The van der Waals surface area contributed by atoms with Gasteiger partial charge in [-0.1, -0.05) is 25.4 Å². The van der Waals surface area contributed by atoms with E-state index in [1.807, 2.05) is 6.92 Å². The van der Waals surface area contributed by atoms with Crippen molar-refractivity contribution in [1.82, 2.24) is 5.32 Å². The lowest BCUT2D eigenvalue weighted by atomic mass is 10.0. The maximum absolute atomic E-state index is 12.2. The zero-order valence-electron chi connectivity index (χ0n) is 12.0. The molecule has 0 aromatic heterocycles. The Morgan fingerprint density at radius 1 is 1.32 bits per heavy atom. The Morgan fingerprint density at radius 3 is 2.58 bits per heavy atom. The molecule has 3 nitrogen and oxygen atoms in total. The van der Waals surface area contributed by atoms with Crippen LogP contribution in [-0.4, -0.2) is 19.1 Å². The second-order valence-corrected chi connectivity index (χ2v) is 5.63. The highest BCUT2D eigenvalue weighted by Crippen LogP contribution is 2.22. The van der Waals surface area contributed by atoms with E-state index in [1.54, 1.807) is 25.3 Å². The van der Waals surface area contributed by atoms with Gasteiger partial charge in [0, 0.05) is 11.1 Å². The molecule has 0 radical (unpaired) electrons. The smallest absolute Gasteiger partial charge is 0.255 e. The summed E-state index contributed by atoms with van der Waals surface area (Å²) >= 11 is 5.92. The molecule has 106 valence electrons. The summed E-state index contributed by atoms with van der Waals surface area (Å²) in [7, 11) is 1.54. The maximum atomic E-state index is 12.2. The van der Waals surface area contributed by atoms with Gasteiger partial charge in [-0.05, 0) is 43.9 Å². The van der Waals surface area contributed by atoms with E-state index in [2.05, 4.69) is 19.2 Å². The van der Waals surface area contributed by atoms with Gasteiger partial charge in [0.2, 0.25) is 0 Å². The number of carbonyl (C=O) groups is 1. The number of amides is 1. The van der Waals surface area contributed by atoms with Crippen LogP contribution in [0.2, 0.25) is 5.02 Å². The third-order valence-electron chi connectivity index (χ3n) is 2.96. The van der Waals surface area contributed by atoms with Crippen molar-refractivity contribution in [3.05, 3.63) is 28.8 Å². The number of rotatable bonds is 6. The molecule has 0 aliphatic rings. The van der Waals surface area contributed by atoms with Gasteiger partial charge >= 0.3 is 0 Å². The van der Waals surface area contributed by atoms with Crippen LogP contribution in [0.3, 0.4) is 0 Å². The van der Waals surface area contributed by atoms with Crippen LogP contribution in [-0.2, 0) is 0 Å². The summed E-state index contributed by atoms with van der Waals surface area (Å²) in [6.45, 7) is 6.36. The molecule has 0 aliphatic carbocycles. The lowest BCUT2D eigenvalue weighted by Crippen LogP contribution is -2.33. The molecule has 1 N–H and O–H groups in total. The minimum Gasteiger partial charge on any atom is -0.496 e. The Balaban J connectivity index is 2.69. The molecule has 1 rings (SSSR count). The summed E-state index contributed by atoms with van der Waals surface area (Å²) in [5.74, 6) is 1.04. The second kappa shape index (κ2) is 7.39. The van der Waals surface area contributed by atoms with Crippen LogP contribution in [0.1, 0.15) is 44.0 Å². The monoisotopic (exact) mass is 283 g/mol. The van der Waals surface area contributed by atoms with Gasteiger partial charge in [0.25, 0.3) is 5.91 Å². The standard InChI is InChI=1S/C15H22ClNO2/c1-10(2)5-6-11(3)17-15(18)13-9-12(16)7-8-14(13)19-4/h7-11H,5-6H2,1-4H3,(H,17,18). The summed E-state index contributed by atoms with van der Waals surface area (Å²) in [6, 6.07) is 5.18. The maximum Gasteiger partial charge on any atom is 0.255 e. The average molecular weight is 284 g/mol. The number of benzene rings is 1. The van der Waals surface area contributed by atoms with Crippen LogP contribution < -0.4 is 10.1 Å². The number of ether oxygens (including phenoxy) is 1. The summed E-state index contributed by atoms with van der Waals surface area (Å²) in [5, 5.41) is 3.50. The molecule has 0 bridgehead atoms.